The van der Waals surface area contributed by atoms with Gasteiger partial charge in [0.2, 0.25) is 11.8 Å². The highest BCUT2D eigenvalue weighted by Gasteiger charge is 2.36. The number of anilines is 1. The van der Waals surface area contributed by atoms with E-state index in [0.29, 0.717) is 12.1 Å². The van der Waals surface area contributed by atoms with Gasteiger partial charge < -0.3 is 15.3 Å². The van der Waals surface area contributed by atoms with Gasteiger partial charge in [-0.05, 0) is 36.6 Å². The number of benzene rings is 2. The molecule has 1 saturated heterocycles. The molecule has 6 nitrogen and oxygen atoms in total. The Kier molecular flexibility index (Phi) is 5.78. The highest BCUT2D eigenvalue weighted by Crippen LogP contribution is 2.29. The molecule has 2 aromatic rings. The molecule has 2 unspecified atom stereocenters. The molecule has 2 aromatic carbocycles. The minimum absolute atomic E-state index is 0.00760. The molecule has 0 aromatic heterocycles. The highest BCUT2D eigenvalue weighted by atomic mass is 16.4. The van der Waals surface area contributed by atoms with Gasteiger partial charge in [-0.25, -0.2) is 0 Å². The van der Waals surface area contributed by atoms with Crippen LogP contribution < -0.4 is 10.2 Å². The number of aliphatic carboxylic acids is 1. The van der Waals surface area contributed by atoms with Crippen molar-refractivity contribution >= 4 is 23.5 Å². The number of carbonyl (C=O) groups excluding carboxylic acids is 2. The zero-order valence-electron chi connectivity index (χ0n) is 16.0. The maximum Gasteiger partial charge on any atom is 0.312 e. The largest absolute Gasteiger partial charge is 0.481 e. The van der Waals surface area contributed by atoms with Gasteiger partial charge in [-0.1, -0.05) is 42.5 Å². The maximum atomic E-state index is 12.6. The third kappa shape index (κ3) is 4.06. The summed E-state index contributed by atoms with van der Waals surface area (Å²) in [4.78, 5) is 38.3. The molecule has 0 bridgehead atoms. The molecular weight excluding hydrogens is 356 g/mol. The van der Waals surface area contributed by atoms with Crippen LogP contribution in [0.15, 0.2) is 48.5 Å². The molecule has 0 saturated carbocycles. The van der Waals surface area contributed by atoms with Crippen LogP contribution >= 0.6 is 0 Å². The van der Waals surface area contributed by atoms with Crippen molar-refractivity contribution < 1.29 is 19.5 Å². The molecule has 2 amide bonds. The van der Waals surface area contributed by atoms with Crippen molar-refractivity contribution in [2.24, 2.45) is 5.92 Å². The molecule has 0 aliphatic carbocycles. The van der Waals surface area contributed by atoms with Gasteiger partial charge >= 0.3 is 5.97 Å². The van der Waals surface area contributed by atoms with Crippen LogP contribution in [-0.2, 0) is 14.4 Å². The van der Waals surface area contributed by atoms with E-state index in [1.165, 1.54) is 0 Å². The number of carboxylic acid groups (broad SMARTS) is 1. The first-order valence-electron chi connectivity index (χ1n) is 9.30. The van der Waals surface area contributed by atoms with Gasteiger partial charge in [0, 0.05) is 25.2 Å². The molecule has 1 aliphatic heterocycles. The first-order valence-corrected chi connectivity index (χ1v) is 9.30. The fourth-order valence-electron chi connectivity index (χ4n) is 3.52. The molecular formula is C22H24N2O4. The van der Waals surface area contributed by atoms with Gasteiger partial charge in [0.1, 0.15) is 0 Å². The third-order valence-corrected chi connectivity index (χ3v) is 5.34. The minimum atomic E-state index is -0.994. The Bertz CT molecular complexity index is 895. The number of hydrogen-bond acceptors (Lipinski definition) is 3. The van der Waals surface area contributed by atoms with Crippen LogP contribution in [0.2, 0.25) is 0 Å². The summed E-state index contributed by atoms with van der Waals surface area (Å²) in [7, 11) is 0. The Hall–Kier alpha value is -3.15. The zero-order chi connectivity index (χ0) is 20.3. The fourth-order valence-corrected chi connectivity index (χ4v) is 3.52. The van der Waals surface area contributed by atoms with Gasteiger partial charge in [0.05, 0.1) is 11.8 Å². The fraction of sp³-hybridized carbons (Fsp3) is 0.318. The number of amides is 2. The van der Waals surface area contributed by atoms with Crippen LogP contribution in [0.25, 0.3) is 0 Å². The molecule has 2 N–H and O–H groups in total. The first-order chi connectivity index (χ1) is 13.4. The van der Waals surface area contributed by atoms with Crippen molar-refractivity contribution in [1.82, 2.24) is 5.32 Å². The van der Waals surface area contributed by atoms with E-state index in [1.54, 1.807) is 29.2 Å². The van der Waals surface area contributed by atoms with Crippen LogP contribution in [0.3, 0.4) is 0 Å². The monoisotopic (exact) mass is 380 g/mol. The van der Waals surface area contributed by atoms with Gasteiger partial charge in [0.15, 0.2) is 0 Å². The molecule has 28 heavy (non-hydrogen) atoms. The number of aryl methyl sites for hydroxylation is 1. The lowest BCUT2D eigenvalue weighted by Gasteiger charge is -2.20. The molecule has 3 rings (SSSR count). The summed E-state index contributed by atoms with van der Waals surface area (Å²) in [5.41, 5.74) is 3.57. The Morgan fingerprint density at radius 2 is 1.86 bits per heavy atom. The summed E-state index contributed by atoms with van der Waals surface area (Å²) in [5.74, 6) is -2.68. The number of nitrogens with zero attached hydrogens (tertiary/aromatic N) is 1. The standard InChI is InChI=1S/C22H24N2O4/c1-14-7-6-10-19(15(14)2)24-13-17(11-20(24)25)21(26)23-12-18(22(27)28)16-8-4-3-5-9-16/h3-10,17-18H,11-13H2,1-2H3,(H,23,26)(H,27,28). The molecule has 146 valence electrons. The van der Waals surface area contributed by atoms with E-state index in [2.05, 4.69) is 5.32 Å². The quantitative estimate of drug-likeness (QED) is 0.807. The van der Waals surface area contributed by atoms with Crippen molar-refractivity contribution in [3.05, 3.63) is 65.2 Å². The first kappa shape index (κ1) is 19.6. The maximum absolute atomic E-state index is 12.6. The molecule has 1 heterocycles. The predicted molar refractivity (Wildman–Crippen MR) is 106 cm³/mol. The third-order valence-electron chi connectivity index (χ3n) is 5.34. The van der Waals surface area contributed by atoms with Crippen molar-refractivity contribution in [1.29, 1.82) is 0 Å². The smallest absolute Gasteiger partial charge is 0.312 e. The predicted octanol–water partition coefficient (Wildman–Crippen LogP) is 2.64. The van der Waals surface area contributed by atoms with Crippen molar-refractivity contribution in [2.75, 3.05) is 18.0 Å². The summed E-state index contributed by atoms with van der Waals surface area (Å²) in [6.07, 6.45) is 0.127. The molecule has 1 aliphatic rings. The van der Waals surface area contributed by atoms with E-state index in [4.69, 9.17) is 0 Å². The van der Waals surface area contributed by atoms with Crippen LogP contribution in [0.5, 0.6) is 0 Å². The summed E-state index contributed by atoms with van der Waals surface area (Å²) >= 11 is 0. The number of hydrogen-bond donors (Lipinski definition) is 2. The lowest BCUT2D eigenvalue weighted by atomic mass is 9.99. The van der Waals surface area contributed by atoms with Crippen molar-refractivity contribution in [2.45, 2.75) is 26.2 Å². The summed E-state index contributed by atoms with van der Waals surface area (Å²) < 4.78 is 0. The second kappa shape index (κ2) is 8.25. The van der Waals surface area contributed by atoms with Crippen LogP contribution in [0, 0.1) is 19.8 Å². The summed E-state index contributed by atoms with van der Waals surface area (Å²) in [5, 5.41) is 12.2. The van der Waals surface area contributed by atoms with Gasteiger partial charge in [-0.15, -0.1) is 0 Å². The normalized spacial score (nSPS) is 17.4. The van der Waals surface area contributed by atoms with Gasteiger partial charge in [-0.2, -0.15) is 0 Å². The molecule has 0 spiro atoms. The van der Waals surface area contributed by atoms with Gasteiger partial charge in [0.25, 0.3) is 0 Å². The Labute approximate surface area is 164 Å². The van der Waals surface area contributed by atoms with Crippen LogP contribution in [0.4, 0.5) is 5.69 Å². The molecule has 1 fully saturated rings. The average molecular weight is 380 g/mol. The van der Waals surface area contributed by atoms with E-state index in [0.717, 1.165) is 16.8 Å². The Morgan fingerprint density at radius 1 is 1.14 bits per heavy atom. The zero-order valence-corrected chi connectivity index (χ0v) is 16.0. The van der Waals surface area contributed by atoms with E-state index in [1.807, 2.05) is 38.1 Å². The van der Waals surface area contributed by atoms with Crippen molar-refractivity contribution in [3.63, 3.8) is 0 Å². The minimum Gasteiger partial charge on any atom is -0.481 e. The number of rotatable bonds is 6. The second-order valence-corrected chi connectivity index (χ2v) is 7.17. The van der Waals surface area contributed by atoms with Crippen LogP contribution in [-0.4, -0.2) is 36.0 Å². The SMILES string of the molecule is Cc1cccc(N2CC(C(=O)NCC(C(=O)O)c3ccccc3)CC2=O)c1C. The van der Waals surface area contributed by atoms with Gasteiger partial charge in [-0.3, -0.25) is 14.4 Å². The van der Waals surface area contributed by atoms with E-state index in [9.17, 15) is 19.5 Å². The lowest BCUT2D eigenvalue weighted by Crippen LogP contribution is -2.37. The number of nitrogens with one attached hydrogen (secondary N) is 1. The number of carboxylic acids is 1. The molecule has 0 radical (unpaired) electrons. The van der Waals surface area contributed by atoms with Crippen molar-refractivity contribution in [3.8, 4) is 0 Å². The lowest BCUT2D eigenvalue weighted by molar-refractivity contribution is -0.138. The Morgan fingerprint density at radius 3 is 2.54 bits per heavy atom. The summed E-state index contributed by atoms with van der Waals surface area (Å²) in [6, 6.07) is 14.6. The second-order valence-electron chi connectivity index (χ2n) is 7.17. The average Bonchev–Trinajstić information content (AvgIpc) is 3.06. The van der Waals surface area contributed by atoms with E-state index in [-0.39, 0.29) is 24.8 Å². The Balaban J connectivity index is 1.66. The highest BCUT2D eigenvalue weighted by molar-refractivity contribution is 6.01. The van der Waals surface area contributed by atoms with Crippen LogP contribution in [0.1, 0.15) is 29.0 Å². The molecule has 2 atom stereocenters. The number of carbonyl (C=O) groups is 3. The summed E-state index contributed by atoms with van der Waals surface area (Å²) in [6.45, 7) is 4.24. The molecule has 6 heteroatoms. The van der Waals surface area contributed by atoms with E-state index < -0.39 is 17.8 Å². The van der Waals surface area contributed by atoms with E-state index >= 15 is 0 Å². The topological polar surface area (TPSA) is 86.7 Å².